The number of hydrogen-bond donors (Lipinski definition) is 0. The van der Waals surface area contributed by atoms with E-state index in [0.717, 1.165) is 83.3 Å². The summed E-state index contributed by atoms with van der Waals surface area (Å²) in [6.45, 7) is 8.22. The van der Waals surface area contributed by atoms with Gasteiger partial charge in [0.15, 0.2) is 0 Å². The Kier molecular flexibility index (Phi) is 5.50. The van der Waals surface area contributed by atoms with Gasteiger partial charge < -0.3 is 14.2 Å². The van der Waals surface area contributed by atoms with Crippen LogP contribution in [0.15, 0.2) is 0 Å². The Bertz CT molecular complexity index is 653. The SMILES string of the molecule is Cn1c(CN2CCOCC2)nnc1C1CCN(C(=O)C2(C)CCCC2)CC1. The summed E-state index contributed by atoms with van der Waals surface area (Å²) in [5.74, 6) is 2.90. The fraction of sp³-hybridized carbons (Fsp3) is 0.850. The molecule has 3 aliphatic rings. The lowest BCUT2D eigenvalue weighted by atomic mass is 9.85. The van der Waals surface area contributed by atoms with E-state index in [1.165, 1.54) is 12.8 Å². The van der Waals surface area contributed by atoms with Gasteiger partial charge in [-0.15, -0.1) is 10.2 Å². The maximum atomic E-state index is 12.9. The highest BCUT2D eigenvalue weighted by Crippen LogP contribution is 2.40. The summed E-state index contributed by atoms with van der Waals surface area (Å²) in [6, 6.07) is 0. The van der Waals surface area contributed by atoms with E-state index in [9.17, 15) is 4.79 Å². The average molecular weight is 376 g/mol. The molecule has 7 nitrogen and oxygen atoms in total. The molecule has 0 spiro atoms. The molecule has 1 aromatic heterocycles. The van der Waals surface area contributed by atoms with E-state index < -0.39 is 0 Å². The molecule has 4 rings (SSSR count). The molecular formula is C20H33N5O2. The Morgan fingerprint density at radius 1 is 1.11 bits per heavy atom. The Morgan fingerprint density at radius 3 is 2.44 bits per heavy atom. The molecule has 3 fully saturated rings. The second kappa shape index (κ2) is 7.87. The van der Waals surface area contributed by atoms with Crippen molar-refractivity contribution in [1.29, 1.82) is 0 Å². The Morgan fingerprint density at radius 2 is 1.78 bits per heavy atom. The fourth-order valence-electron chi connectivity index (χ4n) is 4.92. The molecule has 0 unspecified atom stereocenters. The standard InChI is InChI=1S/C20H33N5O2/c1-20(7-3-4-8-20)19(26)25-9-5-16(6-10-25)18-22-21-17(23(18)2)15-24-11-13-27-14-12-24/h16H,3-15H2,1-2H3. The summed E-state index contributed by atoms with van der Waals surface area (Å²) in [5.41, 5.74) is -0.108. The van der Waals surface area contributed by atoms with Gasteiger partial charge in [0, 0.05) is 44.6 Å². The molecule has 0 radical (unpaired) electrons. The van der Waals surface area contributed by atoms with Crippen molar-refractivity contribution >= 4 is 5.91 Å². The number of aromatic nitrogens is 3. The second-order valence-electron chi connectivity index (χ2n) is 8.76. The summed E-state index contributed by atoms with van der Waals surface area (Å²) < 4.78 is 7.60. The molecule has 0 bridgehead atoms. The van der Waals surface area contributed by atoms with E-state index in [2.05, 4.69) is 38.5 Å². The molecule has 1 aliphatic carbocycles. The first-order chi connectivity index (χ1) is 13.1. The number of carbonyl (C=O) groups is 1. The highest BCUT2D eigenvalue weighted by molar-refractivity contribution is 5.82. The zero-order valence-corrected chi connectivity index (χ0v) is 16.8. The Labute approximate surface area is 162 Å². The van der Waals surface area contributed by atoms with E-state index in [0.29, 0.717) is 11.8 Å². The minimum atomic E-state index is -0.108. The molecule has 2 saturated heterocycles. The summed E-state index contributed by atoms with van der Waals surface area (Å²) in [6.07, 6.45) is 6.49. The normalized spacial score (nSPS) is 24.4. The number of morpholine rings is 1. The lowest BCUT2D eigenvalue weighted by molar-refractivity contribution is -0.142. The summed E-state index contributed by atoms with van der Waals surface area (Å²) in [7, 11) is 2.09. The smallest absolute Gasteiger partial charge is 0.228 e. The lowest BCUT2D eigenvalue weighted by Crippen LogP contribution is -2.45. The van der Waals surface area contributed by atoms with E-state index >= 15 is 0 Å². The molecule has 0 atom stereocenters. The van der Waals surface area contributed by atoms with Gasteiger partial charge >= 0.3 is 0 Å². The fourth-order valence-corrected chi connectivity index (χ4v) is 4.92. The largest absolute Gasteiger partial charge is 0.379 e. The van der Waals surface area contributed by atoms with Crippen molar-refractivity contribution in [3.8, 4) is 0 Å². The molecule has 1 saturated carbocycles. The van der Waals surface area contributed by atoms with E-state index in [1.54, 1.807) is 0 Å². The number of ether oxygens (including phenoxy) is 1. The Balaban J connectivity index is 1.35. The number of nitrogens with zero attached hydrogens (tertiary/aromatic N) is 5. The number of rotatable bonds is 4. The van der Waals surface area contributed by atoms with Gasteiger partial charge in [-0.25, -0.2) is 0 Å². The van der Waals surface area contributed by atoms with Crippen LogP contribution in [0.3, 0.4) is 0 Å². The average Bonchev–Trinajstić information content (AvgIpc) is 3.30. The van der Waals surface area contributed by atoms with Gasteiger partial charge in [-0.3, -0.25) is 9.69 Å². The highest BCUT2D eigenvalue weighted by Gasteiger charge is 2.40. The van der Waals surface area contributed by atoms with Crippen LogP contribution < -0.4 is 0 Å². The molecule has 3 heterocycles. The van der Waals surface area contributed by atoms with E-state index in [4.69, 9.17) is 4.74 Å². The van der Waals surface area contributed by atoms with Crippen LogP contribution in [0.5, 0.6) is 0 Å². The van der Waals surface area contributed by atoms with Crippen molar-refractivity contribution in [2.75, 3.05) is 39.4 Å². The van der Waals surface area contributed by atoms with Gasteiger partial charge in [0.2, 0.25) is 5.91 Å². The maximum Gasteiger partial charge on any atom is 0.228 e. The molecule has 1 aromatic rings. The molecule has 27 heavy (non-hydrogen) atoms. The van der Waals surface area contributed by atoms with Gasteiger partial charge in [0.25, 0.3) is 0 Å². The number of amides is 1. The number of piperidine rings is 1. The molecule has 7 heteroatoms. The second-order valence-corrected chi connectivity index (χ2v) is 8.76. The van der Waals surface area contributed by atoms with Gasteiger partial charge in [-0.1, -0.05) is 19.8 Å². The van der Waals surface area contributed by atoms with Crippen LogP contribution in [-0.4, -0.2) is 69.9 Å². The molecule has 0 N–H and O–H groups in total. The number of carbonyl (C=O) groups excluding carboxylic acids is 1. The summed E-state index contributed by atoms with van der Waals surface area (Å²) in [4.78, 5) is 17.4. The first-order valence-electron chi connectivity index (χ1n) is 10.5. The van der Waals surface area contributed by atoms with Crippen LogP contribution in [0.4, 0.5) is 0 Å². The molecule has 2 aliphatic heterocycles. The predicted octanol–water partition coefficient (Wildman–Crippen LogP) is 1.93. The molecular weight excluding hydrogens is 342 g/mol. The van der Waals surface area contributed by atoms with E-state index in [-0.39, 0.29) is 5.41 Å². The highest BCUT2D eigenvalue weighted by atomic mass is 16.5. The predicted molar refractivity (Wildman–Crippen MR) is 102 cm³/mol. The third kappa shape index (κ3) is 3.90. The van der Waals surface area contributed by atoms with Crippen LogP contribution in [0.2, 0.25) is 0 Å². The van der Waals surface area contributed by atoms with Crippen molar-refractivity contribution in [2.45, 2.75) is 57.9 Å². The van der Waals surface area contributed by atoms with Crippen molar-refractivity contribution in [2.24, 2.45) is 12.5 Å². The topological polar surface area (TPSA) is 63.5 Å². The van der Waals surface area contributed by atoms with E-state index in [1.807, 2.05) is 0 Å². The van der Waals surface area contributed by atoms with Crippen LogP contribution in [0, 0.1) is 5.41 Å². The van der Waals surface area contributed by atoms with Crippen LogP contribution in [-0.2, 0) is 23.1 Å². The number of hydrogen-bond acceptors (Lipinski definition) is 5. The third-order valence-corrected chi connectivity index (χ3v) is 6.84. The summed E-state index contributed by atoms with van der Waals surface area (Å²) >= 11 is 0. The van der Waals surface area contributed by atoms with Gasteiger partial charge in [-0.05, 0) is 25.7 Å². The monoisotopic (exact) mass is 375 g/mol. The number of likely N-dealkylation sites (tertiary alicyclic amines) is 1. The van der Waals surface area contributed by atoms with Gasteiger partial charge in [0.1, 0.15) is 11.6 Å². The van der Waals surface area contributed by atoms with Crippen LogP contribution in [0.25, 0.3) is 0 Å². The van der Waals surface area contributed by atoms with Crippen LogP contribution >= 0.6 is 0 Å². The minimum Gasteiger partial charge on any atom is -0.379 e. The third-order valence-electron chi connectivity index (χ3n) is 6.84. The summed E-state index contributed by atoms with van der Waals surface area (Å²) in [5, 5.41) is 8.98. The first kappa shape index (κ1) is 18.9. The maximum absolute atomic E-state index is 12.9. The van der Waals surface area contributed by atoms with Crippen molar-refractivity contribution in [3.05, 3.63) is 11.6 Å². The molecule has 0 aromatic carbocycles. The minimum absolute atomic E-state index is 0.108. The zero-order chi connectivity index (χ0) is 18.9. The zero-order valence-electron chi connectivity index (χ0n) is 16.8. The lowest BCUT2D eigenvalue weighted by Gasteiger charge is -2.36. The van der Waals surface area contributed by atoms with Crippen molar-refractivity contribution in [3.63, 3.8) is 0 Å². The Hall–Kier alpha value is -1.47. The van der Waals surface area contributed by atoms with Crippen molar-refractivity contribution < 1.29 is 9.53 Å². The molecule has 150 valence electrons. The quantitative estimate of drug-likeness (QED) is 0.805. The van der Waals surface area contributed by atoms with Crippen LogP contribution in [0.1, 0.15) is 63.0 Å². The van der Waals surface area contributed by atoms with Gasteiger partial charge in [-0.2, -0.15) is 0 Å². The molecule has 1 amide bonds. The van der Waals surface area contributed by atoms with Gasteiger partial charge in [0.05, 0.1) is 19.8 Å². The first-order valence-corrected chi connectivity index (χ1v) is 10.5. The van der Waals surface area contributed by atoms with Crippen molar-refractivity contribution in [1.82, 2.24) is 24.6 Å².